The molecule has 0 fully saturated rings. The van der Waals surface area contributed by atoms with Crippen LogP contribution in [0.1, 0.15) is 25.0 Å². The van der Waals surface area contributed by atoms with Gasteiger partial charge in [0.05, 0.1) is 5.52 Å². The number of benzene rings is 6. The summed E-state index contributed by atoms with van der Waals surface area (Å²) in [7, 11) is 0. The molecule has 0 saturated heterocycles. The second-order valence-corrected chi connectivity index (χ2v) is 12.2. The minimum atomic E-state index is -0.0514. The van der Waals surface area contributed by atoms with E-state index in [9.17, 15) is 0 Å². The first-order chi connectivity index (χ1) is 20.5. The Morgan fingerprint density at radius 3 is 1.74 bits per heavy atom. The van der Waals surface area contributed by atoms with Crippen LogP contribution in [0.5, 0.6) is 0 Å². The van der Waals surface area contributed by atoms with E-state index in [0.717, 1.165) is 21.7 Å². The summed E-state index contributed by atoms with van der Waals surface area (Å²) in [5.74, 6) is 0. The number of aromatic nitrogens is 1. The fourth-order valence-corrected chi connectivity index (χ4v) is 6.56. The zero-order valence-corrected chi connectivity index (χ0v) is 27.3. The molecule has 0 aliphatic heterocycles. The zero-order chi connectivity index (χ0) is 28.5. The SMILES string of the molecule is CC(C)(c1ccccc1)c1ccc(-c2cccc(-c3cccc(-c4cc[c-]c(-c5nc6ccccc6s5)c4)c3)c2)cc1.[Ir]. The Kier molecular flexibility index (Phi) is 8.23. The van der Waals surface area contributed by atoms with E-state index in [1.54, 1.807) is 11.3 Å². The molecule has 7 aromatic rings. The van der Waals surface area contributed by atoms with E-state index in [1.165, 1.54) is 43.6 Å². The van der Waals surface area contributed by atoms with Gasteiger partial charge in [0.2, 0.25) is 0 Å². The molecule has 1 nitrogen and oxygen atoms in total. The van der Waals surface area contributed by atoms with Crippen molar-refractivity contribution in [3.63, 3.8) is 0 Å². The summed E-state index contributed by atoms with van der Waals surface area (Å²) in [5.41, 5.74) is 11.8. The van der Waals surface area contributed by atoms with E-state index in [4.69, 9.17) is 4.98 Å². The molecule has 0 bridgehead atoms. The van der Waals surface area contributed by atoms with E-state index in [-0.39, 0.29) is 25.5 Å². The minimum absolute atomic E-state index is 0. The number of fused-ring (bicyclic) bond motifs is 1. The molecule has 0 amide bonds. The van der Waals surface area contributed by atoms with Crippen LogP contribution in [-0.4, -0.2) is 4.98 Å². The van der Waals surface area contributed by atoms with Crippen molar-refractivity contribution in [2.45, 2.75) is 19.3 Å². The van der Waals surface area contributed by atoms with Crippen molar-refractivity contribution in [1.82, 2.24) is 4.98 Å². The maximum Gasteiger partial charge on any atom is 0.0697 e. The second-order valence-electron chi connectivity index (χ2n) is 11.2. The summed E-state index contributed by atoms with van der Waals surface area (Å²) in [5, 5.41) is 1.00. The zero-order valence-electron chi connectivity index (χ0n) is 24.0. The van der Waals surface area contributed by atoms with Crippen LogP contribution in [0.25, 0.3) is 54.2 Å². The molecule has 0 aliphatic carbocycles. The van der Waals surface area contributed by atoms with Gasteiger partial charge in [-0.15, -0.1) is 35.4 Å². The van der Waals surface area contributed by atoms with E-state index in [2.05, 4.69) is 153 Å². The molecule has 0 spiro atoms. The number of para-hydroxylation sites is 1. The molecule has 7 rings (SSSR count). The topological polar surface area (TPSA) is 12.9 Å². The number of thiazole rings is 1. The first kappa shape index (κ1) is 29.0. The number of hydrogen-bond acceptors (Lipinski definition) is 2. The number of nitrogens with zero attached hydrogens (tertiary/aromatic N) is 1. The van der Waals surface area contributed by atoms with Gasteiger partial charge in [-0.05, 0) is 63.2 Å². The largest absolute Gasteiger partial charge is 0.285 e. The number of hydrogen-bond donors (Lipinski definition) is 0. The van der Waals surface area contributed by atoms with Crippen molar-refractivity contribution in [3.8, 4) is 44.0 Å². The molecule has 0 aliphatic rings. The van der Waals surface area contributed by atoms with Gasteiger partial charge >= 0.3 is 0 Å². The summed E-state index contributed by atoms with van der Waals surface area (Å²) >= 11 is 1.71. The summed E-state index contributed by atoms with van der Waals surface area (Å²) in [4.78, 5) is 4.84. The van der Waals surface area contributed by atoms with Crippen LogP contribution in [0.2, 0.25) is 0 Å². The van der Waals surface area contributed by atoms with Crippen molar-refractivity contribution in [3.05, 3.63) is 163 Å². The predicted molar refractivity (Wildman–Crippen MR) is 179 cm³/mol. The van der Waals surface area contributed by atoms with Crippen LogP contribution in [0.4, 0.5) is 0 Å². The molecule has 211 valence electrons. The Morgan fingerprint density at radius 2 is 1.09 bits per heavy atom. The predicted octanol–water partition coefficient (Wildman–Crippen LogP) is 11.1. The molecule has 0 N–H and O–H groups in total. The maximum atomic E-state index is 4.84. The molecule has 6 aromatic carbocycles. The Labute approximate surface area is 271 Å². The van der Waals surface area contributed by atoms with E-state index in [1.807, 2.05) is 12.1 Å². The third-order valence-corrected chi connectivity index (χ3v) is 9.22. The Hall–Kier alpha value is -4.14. The fraction of sp³-hybridized carbons (Fsp3) is 0.0750. The minimum Gasteiger partial charge on any atom is -0.285 e. The van der Waals surface area contributed by atoms with Gasteiger partial charge in [0.15, 0.2) is 0 Å². The Morgan fingerprint density at radius 1 is 0.535 bits per heavy atom. The summed E-state index contributed by atoms with van der Waals surface area (Å²) in [6.07, 6.45) is 0. The van der Waals surface area contributed by atoms with Gasteiger partial charge in [-0.2, -0.15) is 11.3 Å². The first-order valence-electron chi connectivity index (χ1n) is 14.3. The van der Waals surface area contributed by atoms with Crippen LogP contribution < -0.4 is 0 Å². The van der Waals surface area contributed by atoms with Crippen LogP contribution >= 0.6 is 11.3 Å². The van der Waals surface area contributed by atoms with Crippen molar-refractivity contribution in [2.75, 3.05) is 0 Å². The van der Waals surface area contributed by atoms with Crippen molar-refractivity contribution < 1.29 is 20.1 Å². The summed E-state index contributed by atoms with van der Waals surface area (Å²) in [6.45, 7) is 4.58. The maximum absolute atomic E-state index is 4.84. The van der Waals surface area contributed by atoms with E-state index >= 15 is 0 Å². The van der Waals surface area contributed by atoms with Gasteiger partial charge in [0.1, 0.15) is 0 Å². The third-order valence-electron chi connectivity index (χ3n) is 8.15. The van der Waals surface area contributed by atoms with Crippen molar-refractivity contribution in [1.29, 1.82) is 0 Å². The number of rotatable bonds is 6. The second kappa shape index (κ2) is 12.2. The van der Waals surface area contributed by atoms with E-state index < -0.39 is 0 Å². The molecule has 1 aromatic heterocycles. The quantitative estimate of drug-likeness (QED) is 0.154. The molecular formula is C40H30IrNS-. The average molecular weight is 749 g/mol. The van der Waals surface area contributed by atoms with Gasteiger partial charge < -0.3 is 0 Å². The molecule has 43 heavy (non-hydrogen) atoms. The smallest absolute Gasteiger partial charge is 0.0697 e. The van der Waals surface area contributed by atoms with Gasteiger partial charge in [0.25, 0.3) is 0 Å². The normalized spacial score (nSPS) is 11.3. The summed E-state index contributed by atoms with van der Waals surface area (Å²) in [6, 6.07) is 55.4. The third kappa shape index (κ3) is 5.90. The van der Waals surface area contributed by atoms with Gasteiger partial charge in [0, 0.05) is 35.2 Å². The molecule has 0 saturated carbocycles. The standard InChI is InChI=1S/C40H30NS.Ir/c1-40(2,35-17-4-3-5-18-35)36-23-21-28(22-24-36)29-11-8-12-30(25-29)31-13-9-14-32(26-31)33-15-10-16-34(27-33)39-41-37-19-6-7-20-38(37)42-39;/h3-15,17-27H,1-2H3;/q-1;. The fourth-order valence-electron chi connectivity index (χ4n) is 5.61. The molecule has 1 heterocycles. The van der Waals surface area contributed by atoms with Crippen LogP contribution in [0.15, 0.2) is 146 Å². The first-order valence-corrected chi connectivity index (χ1v) is 15.1. The Balaban J connectivity index is 0.00000329. The van der Waals surface area contributed by atoms with E-state index in [0.29, 0.717) is 0 Å². The monoisotopic (exact) mass is 749 g/mol. The molecule has 0 unspecified atom stereocenters. The van der Waals surface area contributed by atoms with Crippen molar-refractivity contribution >= 4 is 21.6 Å². The molecule has 3 heteroatoms. The van der Waals surface area contributed by atoms with Crippen LogP contribution in [0, 0.1) is 6.07 Å². The van der Waals surface area contributed by atoms with Gasteiger partial charge in [-0.1, -0.05) is 117 Å². The van der Waals surface area contributed by atoms with Gasteiger partial charge in [-0.3, -0.25) is 4.98 Å². The molecule has 0 atom stereocenters. The average Bonchev–Trinajstić information content (AvgIpc) is 3.50. The van der Waals surface area contributed by atoms with Gasteiger partial charge in [-0.25, -0.2) is 0 Å². The Bertz CT molecular complexity index is 1970. The molecular weight excluding hydrogens is 719 g/mol. The van der Waals surface area contributed by atoms with Crippen LogP contribution in [0.3, 0.4) is 0 Å². The summed E-state index contributed by atoms with van der Waals surface area (Å²) < 4.78 is 1.20. The van der Waals surface area contributed by atoms with Crippen molar-refractivity contribution in [2.24, 2.45) is 0 Å². The molecule has 1 radical (unpaired) electrons. The van der Waals surface area contributed by atoms with Crippen LogP contribution in [-0.2, 0) is 25.5 Å².